The fourth-order valence-electron chi connectivity index (χ4n) is 2.85. The van der Waals surface area contributed by atoms with E-state index in [1.165, 1.54) is 5.56 Å². The van der Waals surface area contributed by atoms with Gasteiger partial charge in [-0.05, 0) is 27.6 Å². The molecule has 3 heterocycles. The fraction of sp³-hybridized carbons (Fsp3) is 0.429. The highest BCUT2D eigenvalue weighted by Crippen LogP contribution is 2.35. The van der Waals surface area contributed by atoms with E-state index in [-0.39, 0.29) is 12.5 Å². The largest absolute Gasteiger partial charge is 0.396 e. The van der Waals surface area contributed by atoms with E-state index in [9.17, 15) is 5.11 Å². The van der Waals surface area contributed by atoms with Crippen LogP contribution in [0.5, 0.6) is 0 Å². The Morgan fingerprint density at radius 3 is 2.85 bits per heavy atom. The number of aromatic nitrogens is 3. The molecule has 0 saturated carbocycles. The molecule has 2 atom stereocenters. The number of pyridine rings is 1. The first-order valence-electron chi connectivity index (χ1n) is 6.62. The zero-order chi connectivity index (χ0) is 14.1. The van der Waals surface area contributed by atoms with Crippen molar-refractivity contribution < 1.29 is 5.11 Å². The van der Waals surface area contributed by atoms with Crippen molar-refractivity contribution in [3.05, 3.63) is 40.9 Å². The summed E-state index contributed by atoms with van der Waals surface area (Å²) in [4.78, 5) is 6.49. The highest BCUT2D eigenvalue weighted by molar-refractivity contribution is 9.10. The average molecular weight is 337 g/mol. The van der Waals surface area contributed by atoms with E-state index in [0.717, 1.165) is 23.2 Å². The van der Waals surface area contributed by atoms with Crippen LogP contribution in [0.1, 0.15) is 11.5 Å². The van der Waals surface area contributed by atoms with E-state index in [4.69, 9.17) is 0 Å². The maximum Gasteiger partial charge on any atom is 0.0564 e. The highest BCUT2D eigenvalue weighted by atomic mass is 79.9. The van der Waals surface area contributed by atoms with Crippen LogP contribution in [0.3, 0.4) is 0 Å². The van der Waals surface area contributed by atoms with Crippen molar-refractivity contribution >= 4 is 21.6 Å². The molecule has 3 rings (SSSR count). The summed E-state index contributed by atoms with van der Waals surface area (Å²) < 4.78 is 2.79. The van der Waals surface area contributed by atoms with Crippen molar-refractivity contribution in [2.45, 2.75) is 5.92 Å². The number of aliphatic hydroxyl groups is 1. The number of aryl methyl sites for hydroxylation is 1. The molecule has 0 unspecified atom stereocenters. The van der Waals surface area contributed by atoms with Crippen molar-refractivity contribution in [2.24, 2.45) is 13.0 Å². The molecule has 0 spiro atoms. The molecule has 0 bridgehead atoms. The van der Waals surface area contributed by atoms with Crippen LogP contribution in [0.15, 0.2) is 35.3 Å². The summed E-state index contributed by atoms with van der Waals surface area (Å²) in [5.74, 6) is 0.547. The Balaban J connectivity index is 1.84. The second-order valence-electron chi connectivity index (χ2n) is 5.26. The normalized spacial score (nSPS) is 22.4. The molecular formula is C14H17BrN4O. The Morgan fingerprint density at radius 1 is 1.35 bits per heavy atom. The Bertz CT molecular complexity index is 600. The molecular weight excluding hydrogens is 320 g/mol. The van der Waals surface area contributed by atoms with E-state index < -0.39 is 0 Å². The first-order valence-corrected chi connectivity index (χ1v) is 7.41. The van der Waals surface area contributed by atoms with Gasteiger partial charge in [-0.15, -0.1) is 0 Å². The van der Waals surface area contributed by atoms with Gasteiger partial charge in [0.2, 0.25) is 0 Å². The molecule has 1 N–H and O–H groups in total. The molecule has 2 aromatic heterocycles. The summed E-state index contributed by atoms with van der Waals surface area (Å²) in [7, 11) is 1.92. The quantitative estimate of drug-likeness (QED) is 0.928. The molecule has 20 heavy (non-hydrogen) atoms. The van der Waals surface area contributed by atoms with E-state index in [0.29, 0.717) is 5.92 Å². The van der Waals surface area contributed by atoms with Crippen molar-refractivity contribution in [3.63, 3.8) is 0 Å². The van der Waals surface area contributed by atoms with Gasteiger partial charge in [0.05, 0.1) is 18.1 Å². The summed E-state index contributed by atoms with van der Waals surface area (Å²) >= 11 is 3.45. The molecule has 1 fully saturated rings. The highest BCUT2D eigenvalue weighted by Gasteiger charge is 2.34. The number of rotatable bonds is 3. The summed E-state index contributed by atoms with van der Waals surface area (Å²) in [5, 5.41) is 13.9. The van der Waals surface area contributed by atoms with Gasteiger partial charge in [0.15, 0.2) is 0 Å². The molecule has 1 saturated heterocycles. The molecule has 1 aliphatic heterocycles. The summed E-state index contributed by atoms with van der Waals surface area (Å²) in [5.41, 5.74) is 2.28. The third-order valence-corrected chi connectivity index (χ3v) is 4.32. The predicted molar refractivity (Wildman–Crippen MR) is 80.7 cm³/mol. The van der Waals surface area contributed by atoms with E-state index in [1.54, 1.807) is 6.20 Å². The van der Waals surface area contributed by atoms with Crippen LogP contribution in [-0.4, -0.2) is 39.6 Å². The SMILES string of the molecule is Cn1cc([C@@H]2CN(c3cncc(Br)c3)C[C@H]2CO)cn1. The fourth-order valence-corrected chi connectivity index (χ4v) is 3.20. The number of hydrogen-bond acceptors (Lipinski definition) is 4. The minimum Gasteiger partial charge on any atom is -0.396 e. The van der Waals surface area contributed by atoms with Crippen LogP contribution >= 0.6 is 15.9 Å². The topological polar surface area (TPSA) is 54.2 Å². The minimum atomic E-state index is 0.192. The predicted octanol–water partition coefficient (Wildman–Crippen LogP) is 1.79. The van der Waals surface area contributed by atoms with Gasteiger partial charge in [0.25, 0.3) is 0 Å². The smallest absolute Gasteiger partial charge is 0.0564 e. The number of halogens is 1. The molecule has 1 aliphatic rings. The Kier molecular flexibility index (Phi) is 3.76. The lowest BCUT2D eigenvalue weighted by atomic mass is 9.92. The second kappa shape index (κ2) is 5.54. The van der Waals surface area contributed by atoms with Gasteiger partial charge >= 0.3 is 0 Å². The third kappa shape index (κ3) is 2.58. The third-order valence-electron chi connectivity index (χ3n) is 3.88. The number of hydrogen-bond donors (Lipinski definition) is 1. The van der Waals surface area contributed by atoms with Crippen molar-refractivity contribution in [3.8, 4) is 0 Å². The van der Waals surface area contributed by atoms with E-state index in [2.05, 4.69) is 37.0 Å². The summed E-state index contributed by atoms with van der Waals surface area (Å²) in [6.07, 6.45) is 7.58. The molecule has 2 aromatic rings. The number of nitrogens with zero attached hydrogens (tertiary/aromatic N) is 4. The zero-order valence-electron chi connectivity index (χ0n) is 11.3. The second-order valence-corrected chi connectivity index (χ2v) is 6.18. The summed E-state index contributed by atoms with van der Waals surface area (Å²) in [6, 6.07) is 2.06. The average Bonchev–Trinajstić information content (AvgIpc) is 3.04. The number of anilines is 1. The van der Waals surface area contributed by atoms with Gasteiger partial charge < -0.3 is 10.0 Å². The monoisotopic (exact) mass is 336 g/mol. The Hall–Kier alpha value is -1.40. The Morgan fingerprint density at radius 2 is 2.20 bits per heavy atom. The van der Waals surface area contributed by atoms with Crippen molar-refractivity contribution in [1.29, 1.82) is 0 Å². The van der Waals surface area contributed by atoms with Gasteiger partial charge in [-0.2, -0.15) is 5.10 Å². The van der Waals surface area contributed by atoms with E-state index in [1.807, 2.05) is 30.3 Å². The van der Waals surface area contributed by atoms with Crippen LogP contribution < -0.4 is 4.90 Å². The lowest BCUT2D eigenvalue weighted by Gasteiger charge is -2.18. The maximum absolute atomic E-state index is 9.65. The molecule has 6 heteroatoms. The Labute approximate surface area is 126 Å². The van der Waals surface area contributed by atoms with Gasteiger partial charge in [-0.3, -0.25) is 9.67 Å². The maximum atomic E-state index is 9.65. The number of aliphatic hydroxyl groups excluding tert-OH is 1. The lowest BCUT2D eigenvalue weighted by Crippen LogP contribution is -2.20. The first kappa shape index (κ1) is 13.6. The van der Waals surface area contributed by atoms with Gasteiger partial charge in [0.1, 0.15) is 0 Å². The van der Waals surface area contributed by atoms with Crippen LogP contribution in [0.2, 0.25) is 0 Å². The van der Waals surface area contributed by atoms with Gasteiger partial charge in [0, 0.05) is 55.4 Å². The first-order chi connectivity index (χ1) is 9.67. The van der Waals surface area contributed by atoms with Gasteiger partial charge in [-0.1, -0.05) is 0 Å². The van der Waals surface area contributed by atoms with Crippen LogP contribution in [0.25, 0.3) is 0 Å². The van der Waals surface area contributed by atoms with Gasteiger partial charge in [-0.25, -0.2) is 0 Å². The summed E-state index contributed by atoms with van der Waals surface area (Å²) in [6.45, 7) is 1.92. The molecule has 0 aliphatic carbocycles. The van der Waals surface area contributed by atoms with E-state index >= 15 is 0 Å². The van der Waals surface area contributed by atoms with Crippen molar-refractivity contribution in [2.75, 3.05) is 24.6 Å². The molecule has 0 amide bonds. The molecule has 5 nitrogen and oxygen atoms in total. The zero-order valence-corrected chi connectivity index (χ0v) is 12.9. The van der Waals surface area contributed by atoms with Crippen LogP contribution in [0.4, 0.5) is 5.69 Å². The minimum absolute atomic E-state index is 0.192. The van der Waals surface area contributed by atoms with Crippen molar-refractivity contribution in [1.82, 2.24) is 14.8 Å². The molecule has 0 radical (unpaired) electrons. The van der Waals surface area contributed by atoms with Crippen LogP contribution in [0, 0.1) is 5.92 Å². The lowest BCUT2D eigenvalue weighted by molar-refractivity contribution is 0.227. The van der Waals surface area contributed by atoms with Crippen LogP contribution in [-0.2, 0) is 7.05 Å². The molecule has 106 valence electrons. The molecule has 0 aromatic carbocycles. The standard InChI is InChI=1S/C14H17BrN4O/c1-18-6-10(3-17-18)14-8-19(7-11(14)9-20)13-2-12(15)4-16-5-13/h2-6,11,14,20H,7-9H2,1H3/t11-,14-/m0/s1.